The molecule has 0 spiro atoms. The summed E-state index contributed by atoms with van der Waals surface area (Å²) >= 11 is 0. The summed E-state index contributed by atoms with van der Waals surface area (Å²) in [4.78, 5) is 24.6. The smallest absolute Gasteiger partial charge is 0.323 e. The van der Waals surface area contributed by atoms with E-state index in [0.29, 0.717) is 25.7 Å². The van der Waals surface area contributed by atoms with Crippen molar-refractivity contribution in [1.29, 1.82) is 0 Å². The average Bonchev–Trinajstić information content (AvgIpc) is 2.72. The Kier molecular flexibility index (Phi) is 6.27. The first kappa shape index (κ1) is 21.3. The normalized spacial score (nSPS) is 20.1. The van der Waals surface area contributed by atoms with Crippen molar-refractivity contribution in [2.75, 3.05) is 0 Å². The van der Waals surface area contributed by atoms with Gasteiger partial charge in [-0.05, 0) is 41.1 Å². The Morgan fingerprint density at radius 3 is 1.62 bits per heavy atom. The fourth-order valence-electron chi connectivity index (χ4n) is 4.46. The molecular weight excluding hydrogens is 380 g/mol. The molecule has 29 heavy (non-hydrogen) atoms. The topological polar surface area (TPSA) is 63.6 Å². The highest BCUT2D eigenvalue weighted by Crippen LogP contribution is 2.38. The molecule has 154 valence electrons. The number of hydrogen-bond donors (Lipinski definition) is 1. The van der Waals surface area contributed by atoms with Gasteiger partial charge in [0.25, 0.3) is 5.97 Å². The lowest BCUT2D eigenvalue weighted by atomic mass is 9.82. The van der Waals surface area contributed by atoms with Crippen molar-refractivity contribution in [1.82, 2.24) is 0 Å². The van der Waals surface area contributed by atoms with Gasteiger partial charge in [0.15, 0.2) is 0 Å². The van der Waals surface area contributed by atoms with Gasteiger partial charge in [0.2, 0.25) is 0 Å². The Bertz CT molecular complexity index is 795. The van der Waals surface area contributed by atoms with Crippen LogP contribution in [-0.4, -0.2) is 25.4 Å². The molecule has 0 aliphatic heterocycles. The van der Waals surface area contributed by atoms with Crippen molar-refractivity contribution in [3.63, 3.8) is 0 Å². The van der Waals surface area contributed by atoms with Crippen LogP contribution in [-0.2, 0) is 14.0 Å². The van der Waals surface area contributed by atoms with Crippen molar-refractivity contribution in [2.24, 2.45) is 11.8 Å². The predicted molar refractivity (Wildman–Crippen MR) is 117 cm³/mol. The number of carboxylic acids is 1. The van der Waals surface area contributed by atoms with Crippen LogP contribution in [0.25, 0.3) is 0 Å². The third-order valence-corrected chi connectivity index (χ3v) is 11.0. The van der Waals surface area contributed by atoms with E-state index in [1.165, 1.54) is 0 Å². The minimum atomic E-state index is -2.90. The number of carbonyl (C=O) groups is 2. The second-order valence-corrected chi connectivity index (χ2v) is 13.2. The van der Waals surface area contributed by atoms with Crippen LogP contribution in [0.2, 0.25) is 5.04 Å². The van der Waals surface area contributed by atoms with E-state index in [1.807, 2.05) is 36.4 Å². The Hall–Kier alpha value is -2.40. The fraction of sp³-hybridized carbons (Fsp3) is 0.417. The first-order valence-corrected chi connectivity index (χ1v) is 12.2. The summed E-state index contributed by atoms with van der Waals surface area (Å²) in [5, 5.41) is 11.1. The summed E-state index contributed by atoms with van der Waals surface area (Å²) in [5.74, 6) is -1.51. The second kappa shape index (κ2) is 8.53. The summed E-state index contributed by atoms with van der Waals surface area (Å²) in [6.07, 6.45) is 2.23. The summed E-state index contributed by atoms with van der Waals surface area (Å²) in [6, 6.07) is 20.2. The van der Waals surface area contributed by atoms with Crippen molar-refractivity contribution < 1.29 is 19.1 Å². The monoisotopic (exact) mass is 410 g/mol. The van der Waals surface area contributed by atoms with Gasteiger partial charge in [-0.15, -0.1) is 0 Å². The van der Waals surface area contributed by atoms with Gasteiger partial charge in [0.05, 0.1) is 11.8 Å². The molecule has 0 heterocycles. The van der Waals surface area contributed by atoms with Crippen LogP contribution in [0.1, 0.15) is 46.5 Å². The highest BCUT2D eigenvalue weighted by atomic mass is 28.4. The van der Waals surface area contributed by atoms with Crippen molar-refractivity contribution in [3.8, 4) is 0 Å². The first-order chi connectivity index (χ1) is 13.8. The number of benzene rings is 2. The zero-order valence-corrected chi connectivity index (χ0v) is 18.4. The van der Waals surface area contributed by atoms with E-state index < -0.39 is 14.3 Å². The van der Waals surface area contributed by atoms with E-state index in [4.69, 9.17) is 4.43 Å². The van der Waals surface area contributed by atoms with Crippen LogP contribution in [0.4, 0.5) is 0 Å². The van der Waals surface area contributed by atoms with E-state index in [1.54, 1.807) is 0 Å². The molecule has 0 unspecified atom stereocenters. The molecule has 1 fully saturated rings. The van der Waals surface area contributed by atoms with Gasteiger partial charge < -0.3 is 9.53 Å². The molecule has 0 aromatic heterocycles. The van der Waals surface area contributed by atoms with Gasteiger partial charge >= 0.3 is 14.3 Å². The van der Waals surface area contributed by atoms with Gasteiger partial charge in [0, 0.05) is 0 Å². The number of carbonyl (C=O) groups excluding carboxylic acids is 1. The number of aliphatic carboxylic acids is 1. The molecule has 0 saturated heterocycles. The SMILES string of the molecule is CC(C)(C)[Si](OC(=O)[C@H]1CC[C@H](C(=O)O)CC1)(c1ccccc1)c1ccccc1. The third-order valence-electron chi connectivity index (χ3n) is 6.08. The van der Waals surface area contributed by atoms with E-state index in [9.17, 15) is 14.7 Å². The van der Waals surface area contributed by atoms with Crippen LogP contribution < -0.4 is 10.4 Å². The highest BCUT2D eigenvalue weighted by Gasteiger charge is 2.53. The first-order valence-electron chi connectivity index (χ1n) is 10.3. The number of rotatable bonds is 5. The highest BCUT2D eigenvalue weighted by molar-refractivity contribution is 7.00. The predicted octanol–water partition coefficient (Wildman–Crippen LogP) is 3.98. The molecule has 0 radical (unpaired) electrons. The van der Waals surface area contributed by atoms with Crippen molar-refractivity contribution >= 4 is 30.6 Å². The van der Waals surface area contributed by atoms with E-state index in [-0.39, 0.29) is 22.8 Å². The molecule has 1 aliphatic rings. The van der Waals surface area contributed by atoms with E-state index in [0.717, 1.165) is 10.4 Å². The minimum absolute atomic E-state index is 0.178. The van der Waals surface area contributed by atoms with Gasteiger partial charge in [-0.25, -0.2) is 0 Å². The average molecular weight is 411 g/mol. The van der Waals surface area contributed by atoms with E-state index >= 15 is 0 Å². The van der Waals surface area contributed by atoms with Gasteiger partial charge in [0.1, 0.15) is 0 Å². The maximum Gasteiger partial charge on any atom is 0.323 e. The molecule has 4 nitrogen and oxygen atoms in total. The summed E-state index contributed by atoms with van der Waals surface area (Å²) in [5.41, 5.74) is 0. The standard InChI is InChI=1S/C24H30O4Si/c1-24(2,3)29(20-10-6-4-7-11-20,21-12-8-5-9-13-21)28-23(27)19-16-14-18(15-17-19)22(25)26/h4-13,18-19H,14-17H2,1-3H3,(H,25,26)/t18-,19-. The third kappa shape index (κ3) is 4.30. The van der Waals surface area contributed by atoms with Crippen molar-refractivity contribution in [2.45, 2.75) is 51.5 Å². The van der Waals surface area contributed by atoms with Crippen LogP contribution in [0, 0.1) is 11.8 Å². The maximum absolute atomic E-state index is 13.3. The van der Waals surface area contributed by atoms with Crippen LogP contribution in [0.3, 0.4) is 0 Å². The molecule has 3 rings (SSSR count). The zero-order chi connectivity index (χ0) is 21.1. The maximum atomic E-state index is 13.3. The number of carboxylic acid groups (broad SMARTS) is 1. The summed E-state index contributed by atoms with van der Waals surface area (Å²) < 4.78 is 6.56. The zero-order valence-electron chi connectivity index (χ0n) is 17.4. The molecular formula is C24H30O4Si. The molecule has 1 aliphatic carbocycles. The molecule has 1 saturated carbocycles. The van der Waals surface area contributed by atoms with Gasteiger partial charge in [-0.1, -0.05) is 81.4 Å². The lowest BCUT2D eigenvalue weighted by Gasteiger charge is -2.43. The van der Waals surface area contributed by atoms with Gasteiger partial charge in [-0.2, -0.15) is 0 Å². The largest absolute Gasteiger partial charge is 0.509 e. The quantitative estimate of drug-likeness (QED) is 0.758. The Balaban J connectivity index is 1.98. The Morgan fingerprint density at radius 1 is 0.828 bits per heavy atom. The van der Waals surface area contributed by atoms with Crippen LogP contribution >= 0.6 is 0 Å². The minimum Gasteiger partial charge on any atom is -0.509 e. The summed E-state index contributed by atoms with van der Waals surface area (Å²) in [7, 11) is -2.90. The fourth-order valence-corrected chi connectivity index (χ4v) is 8.86. The molecule has 5 heteroatoms. The second-order valence-electron chi connectivity index (χ2n) is 8.97. The Labute approximate surface area is 174 Å². The summed E-state index contributed by atoms with van der Waals surface area (Å²) in [6.45, 7) is 6.44. The number of hydrogen-bond acceptors (Lipinski definition) is 3. The Morgan fingerprint density at radius 2 is 1.24 bits per heavy atom. The molecule has 0 amide bonds. The lowest BCUT2D eigenvalue weighted by molar-refractivity contribution is -0.147. The molecule has 0 bridgehead atoms. The van der Waals surface area contributed by atoms with Crippen molar-refractivity contribution in [3.05, 3.63) is 60.7 Å². The van der Waals surface area contributed by atoms with Crippen LogP contribution in [0.15, 0.2) is 60.7 Å². The molecule has 2 aromatic rings. The van der Waals surface area contributed by atoms with Crippen LogP contribution in [0.5, 0.6) is 0 Å². The molecule has 0 atom stereocenters. The van der Waals surface area contributed by atoms with Gasteiger partial charge in [-0.3, -0.25) is 9.59 Å². The lowest BCUT2D eigenvalue weighted by Crippen LogP contribution is -2.67. The molecule has 2 aromatic carbocycles. The van der Waals surface area contributed by atoms with E-state index in [2.05, 4.69) is 45.0 Å². The molecule has 1 N–H and O–H groups in total.